The van der Waals surface area contributed by atoms with Gasteiger partial charge in [0.25, 0.3) is 11.6 Å². The number of hydrogen-bond acceptors (Lipinski definition) is 6. The van der Waals surface area contributed by atoms with Gasteiger partial charge in [0, 0.05) is 42.6 Å². The van der Waals surface area contributed by atoms with Crippen LogP contribution in [0.15, 0.2) is 50.7 Å². The number of aliphatic hydroxyl groups is 1. The molecule has 0 unspecified atom stereocenters. The number of hydrogen-bond donors (Lipinski definition) is 1. The lowest BCUT2D eigenvalue weighted by Gasteiger charge is -2.15. The molecule has 27 heavy (non-hydrogen) atoms. The Morgan fingerprint density at radius 2 is 1.96 bits per heavy atom. The summed E-state index contributed by atoms with van der Waals surface area (Å²) in [5.41, 5.74) is 0.351. The number of carbonyl (C=O) groups is 1. The van der Waals surface area contributed by atoms with Crippen molar-refractivity contribution >= 4 is 39.3 Å². The van der Waals surface area contributed by atoms with Gasteiger partial charge in [-0.25, -0.2) is 0 Å². The third kappa shape index (κ3) is 5.69. The Bertz CT molecular complexity index is 844. The van der Waals surface area contributed by atoms with Gasteiger partial charge >= 0.3 is 0 Å². The van der Waals surface area contributed by atoms with E-state index in [0.29, 0.717) is 38.6 Å². The Morgan fingerprint density at radius 3 is 2.59 bits per heavy atom. The van der Waals surface area contributed by atoms with Crippen molar-refractivity contribution in [1.29, 1.82) is 0 Å². The van der Waals surface area contributed by atoms with E-state index in [-0.39, 0.29) is 18.2 Å². The van der Waals surface area contributed by atoms with Crippen LogP contribution in [0.5, 0.6) is 5.75 Å². The van der Waals surface area contributed by atoms with Crippen LogP contribution < -0.4 is 4.74 Å². The smallest absolute Gasteiger partial charge is 0.284 e. The molecule has 0 aliphatic carbocycles. The van der Waals surface area contributed by atoms with Gasteiger partial charge in [-0.1, -0.05) is 27.7 Å². The minimum absolute atomic E-state index is 0.0185. The highest BCUT2D eigenvalue weighted by atomic mass is 79.9. The van der Waals surface area contributed by atoms with Crippen LogP contribution >= 0.6 is 27.7 Å². The van der Waals surface area contributed by atoms with Crippen molar-refractivity contribution in [2.24, 2.45) is 0 Å². The van der Waals surface area contributed by atoms with Gasteiger partial charge in [-0.2, -0.15) is 0 Å². The molecule has 1 amide bonds. The molecule has 0 spiro atoms. The number of aliphatic hydroxyl groups excluding tert-OH is 1. The SMILES string of the molecule is CN(C)C(=O)c1cc(OCCCO)ccc1Sc1ccc(Br)cc1[N+](=O)[O-]. The summed E-state index contributed by atoms with van der Waals surface area (Å²) in [5, 5.41) is 20.2. The first-order valence-electron chi connectivity index (χ1n) is 8.04. The summed E-state index contributed by atoms with van der Waals surface area (Å²) in [5.74, 6) is 0.271. The molecule has 0 aliphatic rings. The van der Waals surface area contributed by atoms with Crippen molar-refractivity contribution in [3.8, 4) is 5.75 Å². The zero-order valence-electron chi connectivity index (χ0n) is 14.8. The van der Waals surface area contributed by atoms with Crippen LogP contribution in [0.4, 0.5) is 5.69 Å². The van der Waals surface area contributed by atoms with Crippen LogP contribution in [-0.2, 0) is 0 Å². The zero-order chi connectivity index (χ0) is 20.0. The molecule has 0 aromatic heterocycles. The van der Waals surface area contributed by atoms with Crippen LogP contribution in [0.3, 0.4) is 0 Å². The number of carbonyl (C=O) groups excluding carboxylic acids is 1. The number of nitrogens with zero attached hydrogens (tertiary/aromatic N) is 2. The molecule has 0 atom stereocenters. The summed E-state index contributed by atoms with van der Waals surface area (Å²) < 4.78 is 6.15. The molecule has 7 nitrogen and oxygen atoms in total. The summed E-state index contributed by atoms with van der Waals surface area (Å²) in [7, 11) is 3.27. The third-order valence-electron chi connectivity index (χ3n) is 3.50. The Hall–Kier alpha value is -2.10. The van der Waals surface area contributed by atoms with Gasteiger partial charge < -0.3 is 14.7 Å². The van der Waals surface area contributed by atoms with E-state index in [0.717, 1.165) is 11.8 Å². The second-order valence-electron chi connectivity index (χ2n) is 5.75. The highest BCUT2D eigenvalue weighted by Gasteiger charge is 2.20. The second kappa shape index (κ2) is 9.72. The summed E-state index contributed by atoms with van der Waals surface area (Å²) in [6, 6.07) is 9.82. The van der Waals surface area contributed by atoms with Gasteiger partial charge in [-0.15, -0.1) is 0 Å². The molecule has 2 aromatic carbocycles. The average Bonchev–Trinajstić information content (AvgIpc) is 2.63. The fourth-order valence-electron chi connectivity index (χ4n) is 2.19. The van der Waals surface area contributed by atoms with Crippen molar-refractivity contribution in [2.75, 3.05) is 27.3 Å². The Balaban J connectivity index is 2.41. The van der Waals surface area contributed by atoms with Crippen LogP contribution in [0.25, 0.3) is 0 Å². The molecule has 2 aromatic rings. The first kappa shape index (κ1) is 21.2. The molecule has 0 fully saturated rings. The predicted octanol–water partition coefficient (Wildman–Crippen LogP) is 3.97. The maximum Gasteiger partial charge on any atom is 0.284 e. The molecule has 0 bridgehead atoms. The fourth-order valence-corrected chi connectivity index (χ4v) is 3.54. The van der Waals surface area contributed by atoms with Crippen LogP contribution in [0, 0.1) is 10.1 Å². The number of ether oxygens (including phenoxy) is 1. The molecule has 1 N–H and O–H groups in total. The average molecular weight is 455 g/mol. The lowest BCUT2D eigenvalue weighted by atomic mass is 10.2. The maximum atomic E-state index is 12.6. The summed E-state index contributed by atoms with van der Waals surface area (Å²) >= 11 is 4.39. The van der Waals surface area contributed by atoms with Crippen LogP contribution in [0.2, 0.25) is 0 Å². The topological polar surface area (TPSA) is 92.9 Å². The van der Waals surface area contributed by atoms with E-state index >= 15 is 0 Å². The number of nitro groups is 1. The molecule has 2 rings (SSSR count). The van der Waals surface area contributed by atoms with Gasteiger partial charge in [0.2, 0.25) is 0 Å². The lowest BCUT2D eigenvalue weighted by molar-refractivity contribution is -0.387. The fraction of sp³-hybridized carbons (Fsp3) is 0.278. The van der Waals surface area contributed by atoms with E-state index < -0.39 is 4.92 Å². The molecular formula is C18H19BrN2O5S. The number of amides is 1. The van der Waals surface area contributed by atoms with Gasteiger partial charge in [0.1, 0.15) is 5.75 Å². The number of nitro benzene ring substituents is 1. The van der Waals surface area contributed by atoms with E-state index in [1.165, 1.54) is 11.0 Å². The van der Waals surface area contributed by atoms with Gasteiger partial charge in [0.15, 0.2) is 0 Å². The number of rotatable bonds is 8. The van der Waals surface area contributed by atoms with Crippen LogP contribution in [0.1, 0.15) is 16.8 Å². The maximum absolute atomic E-state index is 12.6. The first-order chi connectivity index (χ1) is 12.8. The number of benzene rings is 2. The van der Waals surface area contributed by atoms with Crippen molar-refractivity contribution < 1.29 is 19.6 Å². The molecule has 9 heteroatoms. The number of halogens is 1. The standard InChI is InChI=1S/C18H19BrN2O5S/c1-20(2)18(23)14-11-13(26-9-3-8-22)5-7-16(14)27-17-6-4-12(19)10-15(17)21(24)25/h4-7,10-11,22H,3,8-9H2,1-2H3. The largest absolute Gasteiger partial charge is 0.493 e. The Labute approximate surface area is 169 Å². The normalized spacial score (nSPS) is 10.5. The predicted molar refractivity (Wildman–Crippen MR) is 107 cm³/mol. The highest BCUT2D eigenvalue weighted by Crippen LogP contribution is 2.39. The van der Waals surface area contributed by atoms with Gasteiger partial charge in [-0.05, 0) is 30.3 Å². The van der Waals surface area contributed by atoms with E-state index in [9.17, 15) is 14.9 Å². The molecule has 0 saturated heterocycles. The van der Waals surface area contributed by atoms with Crippen molar-refractivity contribution in [2.45, 2.75) is 16.2 Å². The molecule has 0 saturated carbocycles. The van der Waals surface area contributed by atoms with E-state index in [1.54, 1.807) is 44.4 Å². The minimum atomic E-state index is -0.451. The van der Waals surface area contributed by atoms with E-state index in [1.807, 2.05) is 0 Å². The van der Waals surface area contributed by atoms with E-state index in [4.69, 9.17) is 9.84 Å². The quantitative estimate of drug-likeness (QED) is 0.368. The highest BCUT2D eigenvalue weighted by molar-refractivity contribution is 9.10. The molecule has 0 aliphatic heterocycles. The molecule has 0 radical (unpaired) electrons. The van der Waals surface area contributed by atoms with Crippen LogP contribution in [-0.4, -0.2) is 48.1 Å². The van der Waals surface area contributed by atoms with E-state index in [2.05, 4.69) is 15.9 Å². The molecule has 0 heterocycles. The monoisotopic (exact) mass is 454 g/mol. The molecule has 144 valence electrons. The molecular weight excluding hydrogens is 436 g/mol. The summed E-state index contributed by atoms with van der Waals surface area (Å²) in [6.07, 6.45) is 0.485. The Kier molecular flexibility index (Phi) is 7.64. The van der Waals surface area contributed by atoms with Gasteiger partial charge in [0.05, 0.1) is 22.0 Å². The first-order valence-corrected chi connectivity index (χ1v) is 9.65. The third-order valence-corrected chi connectivity index (χ3v) is 5.13. The summed E-state index contributed by atoms with van der Waals surface area (Å²) in [4.78, 5) is 25.9. The van der Waals surface area contributed by atoms with Crippen molar-refractivity contribution in [3.63, 3.8) is 0 Å². The second-order valence-corrected chi connectivity index (χ2v) is 7.75. The summed E-state index contributed by atoms with van der Waals surface area (Å²) in [6.45, 7) is 0.349. The van der Waals surface area contributed by atoms with Gasteiger partial charge in [-0.3, -0.25) is 14.9 Å². The Morgan fingerprint density at radius 1 is 1.26 bits per heavy atom. The van der Waals surface area contributed by atoms with Crippen molar-refractivity contribution in [3.05, 3.63) is 56.5 Å². The minimum Gasteiger partial charge on any atom is -0.493 e. The lowest BCUT2D eigenvalue weighted by Crippen LogP contribution is -2.22. The van der Waals surface area contributed by atoms with Crippen molar-refractivity contribution in [1.82, 2.24) is 4.90 Å². The zero-order valence-corrected chi connectivity index (χ0v) is 17.2.